The van der Waals surface area contributed by atoms with E-state index >= 15 is 0 Å². The molecule has 1 saturated carbocycles. The minimum Gasteiger partial charge on any atom is -0.497 e. The second kappa shape index (κ2) is 14.1. The van der Waals surface area contributed by atoms with E-state index in [4.69, 9.17) is 4.74 Å². The van der Waals surface area contributed by atoms with Gasteiger partial charge in [0.05, 0.1) is 22.6 Å². The summed E-state index contributed by atoms with van der Waals surface area (Å²) in [5.41, 5.74) is 0.590. The van der Waals surface area contributed by atoms with Gasteiger partial charge in [0.1, 0.15) is 18.3 Å². The molecule has 1 fully saturated rings. The van der Waals surface area contributed by atoms with Crippen LogP contribution in [0, 0.1) is 10.1 Å². The smallest absolute Gasteiger partial charge is 0.269 e. The third kappa shape index (κ3) is 7.69. The monoisotopic (exact) mass is 608 g/mol. The third-order valence-corrected chi connectivity index (χ3v) is 9.35. The van der Waals surface area contributed by atoms with Crippen molar-refractivity contribution in [2.45, 2.75) is 62.6 Å². The Morgan fingerprint density at radius 1 is 1.00 bits per heavy atom. The summed E-state index contributed by atoms with van der Waals surface area (Å²) < 4.78 is 33.9. The van der Waals surface area contributed by atoms with Gasteiger partial charge in [-0.1, -0.05) is 50.1 Å². The number of sulfonamides is 1. The minimum absolute atomic E-state index is 0.0366. The zero-order chi connectivity index (χ0) is 31.0. The van der Waals surface area contributed by atoms with Crippen LogP contribution in [0.1, 0.15) is 44.6 Å². The molecule has 0 aromatic heterocycles. The Morgan fingerprint density at radius 2 is 1.63 bits per heavy atom. The molecule has 2 amide bonds. The van der Waals surface area contributed by atoms with Gasteiger partial charge in [-0.3, -0.25) is 24.0 Å². The van der Waals surface area contributed by atoms with E-state index in [-0.39, 0.29) is 34.8 Å². The fraction of sp³-hybridized carbons (Fsp3) is 0.355. The van der Waals surface area contributed by atoms with Crippen LogP contribution >= 0.6 is 0 Å². The lowest BCUT2D eigenvalue weighted by Gasteiger charge is -2.33. The van der Waals surface area contributed by atoms with Crippen LogP contribution in [0.2, 0.25) is 0 Å². The molecule has 0 aliphatic heterocycles. The fourth-order valence-electron chi connectivity index (χ4n) is 5.20. The molecule has 0 saturated heterocycles. The number of nitrogens with zero attached hydrogens (tertiary/aromatic N) is 3. The van der Waals surface area contributed by atoms with E-state index < -0.39 is 33.4 Å². The molecule has 1 aliphatic rings. The summed E-state index contributed by atoms with van der Waals surface area (Å²) in [6, 6.07) is 18.9. The van der Waals surface area contributed by atoms with Crippen LogP contribution in [0.5, 0.6) is 5.75 Å². The SMILES string of the molecule is CC[C@H](C(=O)NC1CCCC1)N(Cc1ccc(OC)cc1)C(=O)CN(c1ccc([N+](=O)[O-])cc1)S(=O)(=O)c1ccccc1. The number of hydrogen-bond donors (Lipinski definition) is 1. The number of carbonyl (C=O) groups is 2. The first kappa shape index (κ1) is 31.5. The summed E-state index contributed by atoms with van der Waals surface area (Å²) in [5, 5.41) is 14.3. The number of anilines is 1. The highest BCUT2D eigenvalue weighted by Crippen LogP contribution is 2.27. The predicted octanol–water partition coefficient (Wildman–Crippen LogP) is 4.66. The molecule has 1 aliphatic carbocycles. The molecule has 228 valence electrons. The van der Waals surface area contributed by atoms with Gasteiger partial charge in [-0.05, 0) is 61.2 Å². The van der Waals surface area contributed by atoms with Crippen LogP contribution in [0.25, 0.3) is 0 Å². The van der Waals surface area contributed by atoms with E-state index in [9.17, 15) is 28.1 Å². The number of nitro groups is 1. The van der Waals surface area contributed by atoms with E-state index in [1.54, 1.807) is 49.6 Å². The van der Waals surface area contributed by atoms with Gasteiger partial charge in [-0.15, -0.1) is 0 Å². The first-order chi connectivity index (χ1) is 20.6. The van der Waals surface area contributed by atoms with Crippen molar-refractivity contribution in [1.82, 2.24) is 10.2 Å². The summed E-state index contributed by atoms with van der Waals surface area (Å²) in [6.07, 6.45) is 4.11. The largest absolute Gasteiger partial charge is 0.497 e. The molecule has 0 spiro atoms. The van der Waals surface area contributed by atoms with Crippen LogP contribution < -0.4 is 14.4 Å². The van der Waals surface area contributed by atoms with Gasteiger partial charge in [0.2, 0.25) is 11.8 Å². The van der Waals surface area contributed by atoms with E-state index in [0.717, 1.165) is 35.6 Å². The lowest BCUT2D eigenvalue weighted by atomic mass is 10.1. The normalized spacial score (nSPS) is 14.1. The Kier molecular flexibility index (Phi) is 10.4. The number of nitro benzene ring substituents is 1. The maximum atomic E-state index is 14.2. The number of rotatable bonds is 13. The molecule has 0 bridgehead atoms. The standard InChI is InChI=1S/C31H36N4O7S/c1-3-29(31(37)32-24-9-7-8-10-24)33(21-23-13-19-27(42-2)20-14-23)30(36)22-34(25-15-17-26(18-16-25)35(38)39)43(40,41)28-11-5-4-6-12-28/h4-6,11-20,24,29H,3,7-10,21-22H2,1-2H3,(H,32,37)/t29-/m1/s1. The average molecular weight is 609 g/mol. The van der Waals surface area contributed by atoms with Gasteiger partial charge < -0.3 is 15.0 Å². The van der Waals surface area contributed by atoms with E-state index in [0.29, 0.717) is 12.2 Å². The molecular weight excluding hydrogens is 572 g/mol. The van der Waals surface area contributed by atoms with Crippen molar-refractivity contribution in [2.75, 3.05) is 18.0 Å². The molecule has 3 aromatic rings. The minimum atomic E-state index is -4.27. The highest BCUT2D eigenvalue weighted by atomic mass is 32.2. The average Bonchev–Trinajstić information content (AvgIpc) is 3.53. The molecule has 4 rings (SSSR count). The summed E-state index contributed by atoms with van der Waals surface area (Å²) in [6.45, 7) is 1.24. The van der Waals surface area contributed by atoms with E-state index in [1.807, 2.05) is 6.92 Å². The van der Waals surface area contributed by atoms with Gasteiger partial charge >= 0.3 is 0 Å². The van der Waals surface area contributed by atoms with Gasteiger partial charge in [0.15, 0.2) is 0 Å². The third-order valence-electron chi connectivity index (χ3n) is 7.56. The van der Waals surface area contributed by atoms with Gasteiger partial charge in [0, 0.05) is 24.7 Å². The number of non-ortho nitro benzene ring substituents is 1. The van der Waals surface area contributed by atoms with Crippen LogP contribution in [0.15, 0.2) is 83.8 Å². The topological polar surface area (TPSA) is 139 Å². The Morgan fingerprint density at radius 3 is 2.19 bits per heavy atom. The maximum Gasteiger partial charge on any atom is 0.269 e. The fourth-order valence-corrected chi connectivity index (χ4v) is 6.64. The van der Waals surface area contributed by atoms with Crippen molar-refractivity contribution >= 4 is 33.2 Å². The number of ether oxygens (including phenoxy) is 1. The Bertz CT molecular complexity index is 1510. The van der Waals surface area contributed by atoms with Gasteiger partial charge in [-0.25, -0.2) is 8.42 Å². The maximum absolute atomic E-state index is 14.2. The Balaban J connectivity index is 1.71. The predicted molar refractivity (Wildman–Crippen MR) is 162 cm³/mol. The van der Waals surface area contributed by atoms with Crippen molar-refractivity contribution < 1.29 is 27.7 Å². The van der Waals surface area contributed by atoms with Crippen molar-refractivity contribution in [2.24, 2.45) is 0 Å². The first-order valence-corrected chi connectivity index (χ1v) is 15.6. The van der Waals surface area contributed by atoms with Crippen LogP contribution in [0.3, 0.4) is 0 Å². The molecule has 11 nitrogen and oxygen atoms in total. The summed E-state index contributed by atoms with van der Waals surface area (Å²) in [7, 11) is -2.72. The lowest BCUT2D eigenvalue weighted by molar-refractivity contribution is -0.384. The summed E-state index contributed by atoms with van der Waals surface area (Å²) >= 11 is 0. The number of nitrogens with one attached hydrogen (secondary N) is 1. The quantitative estimate of drug-likeness (QED) is 0.220. The van der Waals surface area contributed by atoms with Crippen molar-refractivity contribution in [3.8, 4) is 5.75 Å². The van der Waals surface area contributed by atoms with Crippen molar-refractivity contribution in [3.05, 3.63) is 94.5 Å². The molecule has 43 heavy (non-hydrogen) atoms. The van der Waals surface area contributed by atoms with Crippen molar-refractivity contribution in [1.29, 1.82) is 0 Å². The molecule has 12 heteroatoms. The van der Waals surface area contributed by atoms with Crippen LogP contribution in [-0.2, 0) is 26.2 Å². The summed E-state index contributed by atoms with van der Waals surface area (Å²) in [5.74, 6) is -0.253. The molecule has 0 unspecified atom stereocenters. The highest BCUT2D eigenvalue weighted by Gasteiger charge is 2.34. The molecule has 0 radical (unpaired) electrons. The van der Waals surface area contributed by atoms with E-state index in [1.165, 1.54) is 41.3 Å². The first-order valence-electron chi connectivity index (χ1n) is 14.2. The zero-order valence-corrected chi connectivity index (χ0v) is 25.0. The van der Waals surface area contributed by atoms with Gasteiger partial charge in [0.25, 0.3) is 15.7 Å². The van der Waals surface area contributed by atoms with Crippen LogP contribution in [0.4, 0.5) is 11.4 Å². The number of benzene rings is 3. The van der Waals surface area contributed by atoms with Crippen LogP contribution in [-0.4, -0.2) is 55.8 Å². The second-order valence-electron chi connectivity index (χ2n) is 10.4. The Labute approximate surface area is 251 Å². The van der Waals surface area contributed by atoms with Crippen molar-refractivity contribution in [3.63, 3.8) is 0 Å². The molecule has 3 aromatic carbocycles. The molecule has 1 N–H and O–H groups in total. The second-order valence-corrected chi connectivity index (χ2v) is 12.2. The molecule has 0 heterocycles. The highest BCUT2D eigenvalue weighted by molar-refractivity contribution is 7.92. The van der Waals surface area contributed by atoms with E-state index in [2.05, 4.69) is 5.32 Å². The summed E-state index contributed by atoms with van der Waals surface area (Å²) in [4.78, 5) is 39.7. The molecule has 1 atom stereocenters. The number of amides is 2. The Hall–Kier alpha value is -4.45. The van der Waals surface area contributed by atoms with Gasteiger partial charge in [-0.2, -0.15) is 0 Å². The number of hydrogen-bond acceptors (Lipinski definition) is 7. The lowest BCUT2D eigenvalue weighted by Crippen LogP contribution is -2.53. The number of carbonyl (C=O) groups excluding carboxylic acids is 2. The zero-order valence-electron chi connectivity index (χ0n) is 24.2. The molecular formula is C31H36N4O7S. The number of methoxy groups -OCH3 is 1.